The van der Waals surface area contributed by atoms with E-state index in [4.69, 9.17) is 4.74 Å². The molecule has 0 aromatic heterocycles. The van der Waals surface area contributed by atoms with Crippen molar-refractivity contribution < 1.29 is 18.3 Å². The number of nitrogens with one attached hydrogen (secondary N) is 1. The quantitative estimate of drug-likeness (QED) is 0.795. The Morgan fingerprint density at radius 2 is 2.11 bits per heavy atom. The molecule has 100 valence electrons. The molecule has 0 spiro atoms. The van der Waals surface area contributed by atoms with Crippen LogP contribution >= 0.6 is 0 Å². The second kappa shape index (κ2) is 7.06. The van der Waals surface area contributed by atoms with Gasteiger partial charge >= 0.3 is 5.97 Å². The topological polar surface area (TPSA) is 38.3 Å². The van der Waals surface area contributed by atoms with Gasteiger partial charge in [0.2, 0.25) is 0 Å². The maximum absolute atomic E-state index is 12.9. The number of ether oxygens (including phenoxy) is 1. The average molecular weight is 257 g/mol. The predicted molar refractivity (Wildman–Crippen MR) is 63.9 cm³/mol. The molecule has 18 heavy (non-hydrogen) atoms. The minimum atomic E-state index is -0.861. The van der Waals surface area contributed by atoms with Crippen LogP contribution in [-0.4, -0.2) is 18.6 Å². The Labute approximate surface area is 105 Å². The third-order valence-electron chi connectivity index (χ3n) is 2.37. The van der Waals surface area contributed by atoms with E-state index in [-0.39, 0.29) is 12.1 Å². The molecule has 0 aliphatic carbocycles. The second-order valence-electron chi connectivity index (χ2n) is 4.03. The van der Waals surface area contributed by atoms with Crippen LogP contribution in [0.1, 0.15) is 25.8 Å². The van der Waals surface area contributed by atoms with E-state index in [1.54, 1.807) is 13.8 Å². The third kappa shape index (κ3) is 4.79. The highest BCUT2D eigenvalue weighted by molar-refractivity contribution is 5.69. The van der Waals surface area contributed by atoms with Crippen LogP contribution in [0.5, 0.6) is 0 Å². The van der Waals surface area contributed by atoms with Crippen molar-refractivity contribution in [2.24, 2.45) is 0 Å². The lowest BCUT2D eigenvalue weighted by atomic mass is 10.2. The summed E-state index contributed by atoms with van der Waals surface area (Å²) < 4.78 is 30.6. The zero-order valence-corrected chi connectivity index (χ0v) is 10.5. The van der Waals surface area contributed by atoms with E-state index in [9.17, 15) is 13.6 Å². The summed E-state index contributed by atoms with van der Waals surface area (Å²) in [6.45, 7) is 4.35. The molecule has 0 saturated carbocycles. The Hall–Kier alpha value is -1.49. The Morgan fingerprint density at radius 3 is 2.72 bits per heavy atom. The van der Waals surface area contributed by atoms with Gasteiger partial charge in [-0.25, -0.2) is 8.78 Å². The van der Waals surface area contributed by atoms with Gasteiger partial charge in [0.25, 0.3) is 0 Å². The van der Waals surface area contributed by atoms with Gasteiger partial charge in [-0.1, -0.05) is 13.0 Å². The smallest absolute Gasteiger partial charge is 0.305 e. The van der Waals surface area contributed by atoms with Crippen LogP contribution in [0.4, 0.5) is 8.78 Å². The molecular formula is C13H17F2NO2. The molecule has 0 bridgehead atoms. The fourth-order valence-electron chi connectivity index (χ4n) is 1.42. The largest absolute Gasteiger partial charge is 0.461 e. The van der Waals surface area contributed by atoms with Crippen LogP contribution in [0.25, 0.3) is 0 Å². The number of hydrogen-bond acceptors (Lipinski definition) is 3. The molecule has 1 aromatic rings. The number of halogens is 2. The lowest BCUT2D eigenvalue weighted by molar-refractivity contribution is -0.147. The maximum atomic E-state index is 12.9. The van der Waals surface area contributed by atoms with Crippen LogP contribution < -0.4 is 5.32 Å². The van der Waals surface area contributed by atoms with Gasteiger partial charge in [-0.2, -0.15) is 0 Å². The van der Waals surface area contributed by atoms with E-state index in [1.807, 2.05) is 0 Å². The Morgan fingerprint density at radius 1 is 1.39 bits per heavy atom. The van der Waals surface area contributed by atoms with Gasteiger partial charge in [0.1, 0.15) is 6.10 Å². The second-order valence-corrected chi connectivity index (χ2v) is 4.03. The number of hydrogen-bond donors (Lipinski definition) is 1. The van der Waals surface area contributed by atoms with Gasteiger partial charge in [-0.05, 0) is 24.6 Å². The normalized spacial score (nSPS) is 12.2. The standard InChI is InChI=1S/C13H17F2NO2/c1-3-13(17)18-9(2)7-16-8-10-4-5-11(14)12(15)6-10/h4-6,9,16H,3,7-8H2,1-2H3. The molecule has 0 fully saturated rings. The zero-order valence-electron chi connectivity index (χ0n) is 10.5. The molecule has 1 unspecified atom stereocenters. The lowest BCUT2D eigenvalue weighted by Crippen LogP contribution is -2.28. The van der Waals surface area contributed by atoms with Crippen molar-refractivity contribution in [1.29, 1.82) is 0 Å². The summed E-state index contributed by atoms with van der Waals surface area (Å²) in [4.78, 5) is 11.0. The summed E-state index contributed by atoms with van der Waals surface area (Å²) in [6, 6.07) is 3.74. The molecule has 3 nitrogen and oxygen atoms in total. The molecule has 0 heterocycles. The van der Waals surface area contributed by atoms with Gasteiger partial charge in [0.15, 0.2) is 11.6 Å². The molecule has 5 heteroatoms. The van der Waals surface area contributed by atoms with Crippen molar-refractivity contribution in [3.63, 3.8) is 0 Å². The summed E-state index contributed by atoms with van der Waals surface area (Å²) in [5.74, 6) is -1.97. The number of carbonyl (C=O) groups is 1. The van der Waals surface area contributed by atoms with Crippen LogP contribution in [0.15, 0.2) is 18.2 Å². The van der Waals surface area contributed by atoms with Crippen molar-refractivity contribution in [1.82, 2.24) is 5.32 Å². The van der Waals surface area contributed by atoms with Crippen molar-refractivity contribution in [2.75, 3.05) is 6.54 Å². The molecule has 1 rings (SSSR count). The molecule has 1 N–H and O–H groups in total. The van der Waals surface area contributed by atoms with Crippen molar-refractivity contribution in [3.05, 3.63) is 35.4 Å². The summed E-state index contributed by atoms with van der Waals surface area (Å²) in [5, 5.41) is 3.01. The predicted octanol–water partition coefficient (Wildman–Crippen LogP) is 2.40. The maximum Gasteiger partial charge on any atom is 0.305 e. The van der Waals surface area contributed by atoms with Crippen LogP contribution in [0.2, 0.25) is 0 Å². The Kier molecular flexibility index (Phi) is 5.71. The van der Waals surface area contributed by atoms with E-state index in [2.05, 4.69) is 5.32 Å². The van der Waals surface area contributed by atoms with Crippen molar-refractivity contribution in [3.8, 4) is 0 Å². The van der Waals surface area contributed by atoms with Gasteiger partial charge in [0.05, 0.1) is 0 Å². The van der Waals surface area contributed by atoms with Gasteiger partial charge < -0.3 is 10.1 Å². The van der Waals surface area contributed by atoms with E-state index < -0.39 is 11.6 Å². The minimum absolute atomic E-state index is 0.247. The lowest BCUT2D eigenvalue weighted by Gasteiger charge is -2.13. The molecule has 0 saturated heterocycles. The molecule has 0 aliphatic heterocycles. The fraction of sp³-hybridized carbons (Fsp3) is 0.462. The molecule has 0 radical (unpaired) electrons. The summed E-state index contributed by atoms with van der Waals surface area (Å²) in [5.41, 5.74) is 0.642. The average Bonchev–Trinajstić information content (AvgIpc) is 2.33. The number of carbonyl (C=O) groups excluding carboxylic acids is 1. The molecule has 0 amide bonds. The summed E-state index contributed by atoms with van der Waals surface area (Å²) >= 11 is 0. The first-order valence-corrected chi connectivity index (χ1v) is 5.87. The Bertz CT molecular complexity index is 410. The van der Waals surface area contributed by atoms with Gasteiger partial charge in [0, 0.05) is 19.5 Å². The first kappa shape index (κ1) is 14.6. The summed E-state index contributed by atoms with van der Waals surface area (Å²) in [6.07, 6.45) is 0.0933. The highest BCUT2D eigenvalue weighted by Gasteiger charge is 2.07. The monoisotopic (exact) mass is 257 g/mol. The Balaban J connectivity index is 2.32. The van der Waals surface area contributed by atoms with E-state index in [1.165, 1.54) is 6.07 Å². The highest BCUT2D eigenvalue weighted by atomic mass is 19.2. The minimum Gasteiger partial charge on any atom is -0.461 e. The highest BCUT2D eigenvalue weighted by Crippen LogP contribution is 2.08. The fourth-order valence-corrected chi connectivity index (χ4v) is 1.42. The first-order valence-electron chi connectivity index (χ1n) is 5.87. The van der Waals surface area contributed by atoms with E-state index in [0.717, 1.165) is 12.1 Å². The molecular weight excluding hydrogens is 240 g/mol. The van der Waals surface area contributed by atoms with E-state index >= 15 is 0 Å². The summed E-state index contributed by atoms with van der Waals surface area (Å²) in [7, 11) is 0. The van der Waals surface area contributed by atoms with Crippen LogP contribution in [-0.2, 0) is 16.1 Å². The van der Waals surface area contributed by atoms with Crippen LogP contribution in [0, 0.1) is 11.6 Å². The molecule has 1 atom stereocenters. The third-order valence-corrected chi connectivity index (χ3v) is 2.37. The number of rotatable bonds is 6. The zero-order chi connectivity index (χ0) is 13.5. The van der Waals surface area contributed by atoms with Crippen molar-refractivity contribution in [2.45, 2.75) is 32.9 Å². The SMILES string of the molecule is CCC(=O)OC(C)CNCc1ccc(F)c(F)c1. The number of esters is 1. The van der Waals surface area contributed by atoms with Crippen LogP contribution in [0.3, 0.4) is 0 Å². The van der Waals surface area contributed by atoms with Gasteiger partial charge in [-0.15, -0.1) is 0 Å². The number of benzene rings is 1. The van der Waals surface area contributed by atoms with E-state index in [0.29, 0.717) is 25.1 Å². The molecule has 0 aliphatic rings. The van der Waals surface area contributed by atoms with Gasteiger partial charge in [-0.3, -0.25) is 4.79 Å². The molecule has 1 aromatic carbocycles. The van der Waals surface area contributed by atoms with Crippen molar-refractivity contribution >= 4 is 5.97 Å². The first-order chi connectivity index (χ1) is 8.52.